The predicted molar refractivity (Wildman–Crippen MR) is 113 cm³/mol. The molecule has 0 radical (unpaired) electrons. The van der Waals surface area contributed by atoms with Crippen LogP contribution in [0.15, 0.2) is 23.8 Å². The van der Waals surface area contributed by atoms with Gasteiger partial charge in [0.15, 0.2) is 0 Å². The van der Waals surface area contributed by atoms with E-state index < -0.39 is 12.1 Å². The van der Waals surface area contributed by atoms with Gasteiger partial charge >= 0.3 is 11.9 Å². The summed E-state index contributed by atoms with van der Waals surface area (Å²) < 4.78 is 10.4. The van der Waals surface area contributed by atoms with Gasteiger partial charge in [0.2, 0.25) is 0 Å². The van der Waals surface area contributed by atoms with Gasteiger partial charge in [0.25, 0.3) is 0 Å². The highest BCUT2D eigenvalue weighted by Gasteiger charge is 2.40. The van der Waals surface area contributed by atoms with Crippen molar-refractivity contribution in [2.24, 2.45) is 23.7 Å². The third kappa shape index (κ3) is 6.53. The Labute approximate surface area is 179 Å². The number of aliphatic hydroxyl groups is 1. The fourth-order valence-electron chi connectivity index (χ4n) is 4.44. The second kappa shape index (κ2) is 11.4. The molecule has 6 nitrogen and oxygen atoms in total. The molecule has 6 atom stereocenters. The SMILES string of the molecule is CC[C@H](C)C(=O)O[C@H]1CCC=C2C=C[C@H](C)[C@H](CC[C@@H](O)CC(=O)CC(=O)OC)[C@H]21. The Kier molecular flexibility index (Phi) is 9.28. The molecular weight excluding hydrogens is 384 g/mol. The molecule has 168 valence electrons. The lowest BCUT2D eigenvalue weighted by Gasteiger charge is -2.42. The molecule has 0 aromatic rings. The Bertz CT molecular complexity index is 679. The zero-order valence-corrected chi connectivity index (χ0v) is 18.6. The Morgan fingerprint density at radius 3 is 2.70 bits per heavy atom. The van der Waals surface area contributed by atoms with E-state index in [1.54, 1.807) is 0 Å². The first-order valence-electron chi connectivity index (χ1n) is 11.1. The molecule has 0 unspecified atom stereocenters. The summed E-state index contributed by atoms with van der Waals surface area (Å²) in [6, 6.07) is 0. The molecule has 0 bridgehead atoms. The Balaban J connectivity index is 2.02. The average Bonchev–Trinajstić information content (AvgIpc) is 2.72. The van der Waals surface area contributed by atoms with Gasteiger partial charge in [-0.1, -0.05) is 39.0 Å². The fraction of sp³-hybridized carbons (Fsp3) is 0.708. The molecule has 30 heavy (non-hydrogen) atoms. The number of carbonyl (C=O) groups is 3. The van der Waals surface area contributed by atoms with E-state index in [1.807, 2.05) is 13.8 Å². The lowest BCUT2D eigenvalue weighted by Crippen LogP contribution is -2.40. The molecule has 0 aromatic carbocycles. The molecule has 2 aliphatic rings. The zero-order valence-electron chi connectivity index (χ0n) is 18.6. The van der Waals surface area contributed by atoms with Crippen molar-refractivity contribution in [3.8, 4) is 0 Å². The molecule has 2 rings (SSSR count). The van der Waals surface area contributed by atoms with Gasteiger partial charge in [-0.3, -0.25) is 14.4 Å². The van der Waals surface area contributed by atoms with Crippen molar-refractivity contribution in [3.63, 3.8) is 0 Å². The van der Waals surface area contributed by atoms with Crippen molar-refractivity contribution in [2.45, 2.75) is 77.9 Å². The summed E-state index contributed by atoms with van der Waals surface area (Å²) in [5.74, 6) is -0.528. The summed E-state index contributed by atoms with van der Waals surface area (Å²) in [4.78, 5) is 35.5. The van der Waals surface area contributed by atoms with E-state index in [0.29, 0.717) is 6.42 Å². The number of esters is 2. The lowest BCUT2D eigenvalue weighted by atomic mass is 9.66. The lowest BCUT2D eigenvalue weighted by molar-refractivity contribution is -0.158. The number of rotatable bonds is 10. The number of ketones is 1. The minimum Gasteiger partial charge on any atom is -0.469 e. The minimum atomic E-state index is -0.794. The number of allylic oxidation sites excluding steroid dienone is 3. The van der Waals surface area contributed by atoms with Gasteiger partial charge in [-0.05, 0) is 49.5 Å². The molecule has 6 heteroatoms. The highest BCUT2D eigenvalue weighted by Crippen LogP contribution is 2.43. The van der Waals surface area contributed by atoms with Crippen molar-refractivity contribution in [2.75, 3.05) is 7.11 Å². The number of ether oxygens (including phenoxy) is 2. The molecule has 0 aliphatic heterocycles. The van der Waals surface area contributed by atoms with Crippen LogP contribution >= 0.6 is 0 Å². The second-order valence-corrected chi connectivity index (χ2v) is 8.70. The van der Waals surface area contributed by atoms with Crippen LogP contribution in [0, 0.1) is 23.7 Å². The van der Waals surface area contributed by atoms with Gasteiger partial charge in [-0.15, -0.1) is 0 Å². The third-order valence-corrected chi connectivity index (χ3v) is 6.49. The molecule has 0 saturated heterocycles. The quantitative estimate of drug-likeness (QED) is 0.427. The number of methoxy groups -OCH3 is 1. The van der Waals surface area contributed by atoms with E-state index in [9.17, 15) is 19.5 Å². The van der Waals surface area contributed by atoms with Crippen molar-refractivity contribution in [3.05, 3.63) is 23.8 Å². The van der Waals surface area contributed by atoms with E-state index in [-0.39, 0.29) is 54.4 Å². The molecule has 0 heterocycles. The minimum absolute atomic E-state index is 0.0498. The maximum Gasteiger partial charge on any atom is 0.313 e. The first-order valence-corrected chi connectivity index (χ1v) is 11.1. The van der Waals surface area contributed by atoms with Crippen LogP contribution < -0.4 is 0 Å². The van der Waals surface area contributed by atoms with Crippen LogP contribution in [0.25, 0.3) is 0 Å². The van der Waals surface area contributed by atoms with Crippen molar-refractivity contribution < 1.29 is 29.0 Å². The number of hydrogen-bond acceptors (Lipinski definition) is 6. The number of fused-ring (bicyclic) bond motifs is 1. The first kappa shape index (κ1) is 24.3. The highest BCUT2D eigenvalue weighted by atomic mass is 16.5. The van der Waals surface area contributed by atoms with Crippen molar-refractivity contribution in [1.29, 1.82) is 0 Å². The predicted octanol–water partition coefficient (Wildman–Crippen LogP) is 3.77. The molecule has 0 fully saturated rings. The zero-order chi connectivity index (χ0) is 22.3. The standard InChI is InChI=1S/C24H36O6/c1-5-15(2)24(28)30-21-8-6-7-17-10-9-16(3)20(23(17)21)12-11-18(25)13-19(26)14-22(27)29-4/h7,9-10,15-16,18,20-21,23,25H,5-6,8,11-14H2,1-4H3/t15-,16-,18+,20-,21-,23-/m0/s1. The number of Topliss-reactive ketones (excluding diaryl/α,β-unsaturated/α-hetero) is 1. The van der Waals surface area contributed by atoms with E-state index >= 15 is 0 Å². The van der Waals surface area contributed by atoms with Crippen molar-refractivity contribution in [1.82, 2.24) is 0 Å². The van der Waals surface area contributed by atoms with E-state index in [0.717, 1.165) is 25.7 Å². The monoisotopic (exact) mass is 420 g/mol. The van der Waals surface area contributed by atoms with Gasteiger partial charge in [-0.2, -0.15) is 0 Å². The fourth-order valence-corrected chi connectivity index (χ4v) is 4.44. The molecule has 0 spiro atoms. The van der Waals surface area contributed by atoms with E-state index in [4.69, 9.17) is 4.74 Å². The van der Waals surface area contributed by atoms with Crippen LogP contribution in [0.5, 0.6) is 0 Å². The number of carbonyl (C=O) groups excluding carboxylic acids is 3. The van der Waals surface area contributed by atoms with Crippen LogP contribution in [-0.2, 0) is 23.9 Å². The number of hydrogen-bond donors (Lipinski definition) is 1. The Hall–Kier alpha value is -1.95. The van der Waals surface area contributed by atoms with Crippen LogP contribution in [0.2, 0.25) is 0 Å². The van der Waals surface area contributed by atoms with Gasteiger partial charge in [0.1, 0.15) is 18.3 Å². The van der Waals surface area contributed by atoms with Gasteiger partial charge in [0, 0.05) is 12.3 Å². The van der Waals surface area contributed by atoms with Crippen LogP contribution in [0.3, 0.4) is 0 Å². The Morgan fingerprint density at radius 2 is 2.03 bits per heavy atom. The topological polar surface area (TPSA) is 89.9 Å². The van der Waals surface area contributed by atoms with Gasteiger partial charge in [-0.25, -0.2) is 0 Å². The summed E-state index contributed by atoms with van der Waals surface area (Å²) in [5.41, 5.74) is 1.21. The van der Waals surface area contributed by atoms with Gasteiger partial charge in [0.05, 0.1) is 19.1 Å². The maximum absolute atomic E-state index is 12.4. The smallest absolute Gasteiger partial charge is 0.313 e. The van der Waals surface area contributed by atoms with Gasteiger partial charge < -0.3 is 14.6 Å². The Morgan fingerprint density at radius 1 is 1.30 bits per heavy atom. The van der Waals surface area contributed by atoms with Crippen LogP contribution in [-0.4, -0.2) is 42.1 Å². The number of aliphatic hydroxyl groups excluding tert-OH is 1. The average molecular weight is 421 g/mol. The second-order valence-electron chi connectivity index (χ2n) is 8.70. The summed E-state index contributed by atoms with van der Waals surface area (Å²) in [7, 11) is 1.24. The van der Waals surface area contributed by atoms with Crippen LogP contribution in [0.1, 0.15) is 65.7 Å². The van der Waals surface area contributed by atoms with Crippen LogP contribution in [0.4, 0.5) is 0 Å². The molecule has 0 aromatic heterocycles. The molecule has 0 amide bonds. The van der Waals surface area contributed by atoms with E-state index in [2.05, 4.69) is 29.9 Å². The van der Waals surface area contributed by atoms with Crippen molar-refractivity contribution >= 4 is 17.7 Å². The van der Waals surface area contributed by atoms with E-state index in [1.165, 1.54) is 12.7 Å². The first-order chi connectivity index (χ1) is 14.3. The molecule has 1 N–H and O–H groups in total. The highest BCUT2D eigenvalue weighted by molar-refractivity contribution is 5.95. The third-order valence-electron chi connectivity index (χ3n) is 6.49. The normalized spacial score (nSPS) is 27.4. The maximum atomic E-state index is 12.4. The summed E-state index contributed by atoms with van der Waals surface area (Å²) in [6.07, 6.45) is 8.89. The summed E-state index contributed by atoms with van der Waals surface area (Å²) in [6.45, 7) is 6.02. The summed E-state index contributed by atoms with van der Waals surface area (Å²) >= 11 is 0. The molecule has 0 saturated carbocycles. The largest absolute Gasteiger partial charge is 0.469 e. The molecule has 2 aliphatic carbocycles. The summed E-state index contributed by atoms with van der Waals surface area (Å²) in [5, 5.41) is 10.3. The molecular formula is C24H36O6.